The normalized spacial score (nSPS) is 11.4. The highest BCUT2D eigenvalue weighted by atomic mass is 32.2. The van der Waals surface area contributed by atoms with E-state index in [4.69, 9.17) is 0 Å². The van der Waals surface area contributed by atoms with Crippen molar-refractivity contribution in [1.29, 1.82) is 0 Å². The standard InChI is InChI=1S/C20H16N4O3S/c25-20(19-23-17-10-11-21-13-18(17)24-19)22-12-14-6-8-16(9-7-14)28(26,27)15-4-2-1-3-5-15/h1-11,13H,12H2,(H,22,25)(H,23,24). The van der Waals surface area contributed by atoms with Gasteiger partial charge in [0.2, 0.25) is 9.84 Å². The molecule has 2 aromatic heterocycles. The van der Waals surface area contributed by atoms with Crippen LogP contribution in [-0.4, -0.2) is 29.3 Å². The highest BCUT2D eigenvalue weighted by molar-refractivity contribution is 7.91. The molecule has 4 rings (SSSR count). The lowest BCUT2D eigenvalue weighted by atomic mass is 10.2. The van der Waals surface area contributed by atoms with Gasteiger partial charge in [-0.3, -0.25) is 9.78 Å². The molecule has 2 aromatic carbocycles. The van der Waals surface area contributed by atoms with Crippen LogP contribution in [0.5, 0.6) is 0 Å². The van der Waals surface area contributed by atoms with Crippen LogP contribution >= 0.6 is 0 Å². The molecule has 0 atom stereocenters. The fourth-order valence-electron chi connectivity index (χ4n) is 2.75. The number of sulfone groups is 1. The summed E-state index contributed by atoms with van der Waals surface area (Å²) < 4.78 is 25.2. The molecule has 0 aliphatic heterocycles. The summed E-state index contributed by atoms with van der Waals surface area (Å²) >= 11 is 0. The van der Waals surface area contributed by atoms with Gasteiger partial charge in [-0.05, 0) is 35.9 Å². The largest absolute Gasteiger partial charge is 0.345 e. The average molecular weight is 392 g/mol. The second-order valence-electron chi connectivity index (χ2n) is 6.12. The number of pyridine rings is 1. The maximum absolute atomic E-state index is 12.6. The van der Waals surface area contributed by atoms with E-state index in [0.29, 0.717) is 5.52 Å². The zero-order valence-electron chi connectivity index (χ0n) is 14.7. The van der Waals surface area contributed by atoms with Crippen LogP contribution in [0.2, 0.25) is 0 Å². The quantitative estimate of drug-likeness (QED) is 0.543. The van der Waals surface area contributed by atoms with Crippen molar-refractivity contribution in [3.05, 3.63) is 84.4 Å². The molecular weight excluding hydrogens is 376 g/mol. The number of imidazole rings is 1. The number of hydrogen-bond acceptors (Lipinski definition) is 5. The van der Waals surface area contributed by atoms with Gasteiger partial charge in [0.1, 0.15) is 5.52 Å². The Kier molecular flexibility index (Phi) is 4.62. The van der Waals surface area contributed by atoms with E-state index in [1.807, 2.05) is 0 Å². The summed E-state index contributed by atoms with van der Waals surface area (Å²) in [6.45, 7) is 0.250. The topological polar surface area (TPSA) is 105 Å². The molecule has 0 saturated carbocycles. The lowest BCUT2D eigenvalue weighted by Crippen LogP contribution is -2.23. The van der Waals surface area contributed by atoms with E-state index in [9.17, 15) is 13.2 Å². The first-order chi connectivity index (χ1) is 13.5. The third kappa shape index (κ3) is 3.49. The molecule has 2 N–H and O–H groups in total. The van der Waals surface area contributed by atoms with Gasteiger partial charge >= 0.3 is 0 Å². The highest BCUT2D eigenvalue weighted by Gasteiger charge is 2.17. The van der Waals surface area contributed by atoms with Gasteiger partial charge in [-0.15, -0.1) is 0 Å². The summed E-state index contributed by atoms with van der Waals surface area (Å²) in [6.07, 6.45) is 3.20. The molecule has 4 aromatic rings. The van der Waals surface area contributed by atoms with Crippen LogP contribution in [0.15, 0.2) is 82.8 Å². The fraction of sp³-hybridized carbons (Fsp3) is 0.0500. The van der Waals surface area contributed by atoms with Gasteiger partial charge < -0.3 is 10.3 Å². The number of H-pyrrole nitrogens is 1. The zero-order chi connectivity index (χ0) is 19.6. The molecule has 7 nitrogen and oxygen atoms in total. The van der Waals surface area contributed by atoms with E-state index in [0.717, 1.165) is 11.1 Å². The SMILES string of the molecule is O=C(NCc1ccc(S(=O)(=O)c2ccccc2)cc1)c1nc2cnccc2[nH]1. The van der Waals surface area contributed by atoms with Crippen molar-refractivity contribution in [3.8, 4) is 0 Å². The Hall–Kier alpha value is -3.52. The molecule has 0 saturated heterocycles. The number of aromatic nitrogens is 3. The number of nitrogens with one attached hydrogen (secondary N) is 2. The first kappa shape index (κ1) is 17.9. The lowest BCUT2D eigenvalue weighted by molar-refractivity contribution is 0.0942. The van der Waals surface area contributed by atoms with E-state index in [1.165, 1.54) is 12.1 Å². The Morgan fingerprint density at radius 3 is 2.39 bits per heavy atom. The smallest absolute Gasteiger partial charge is 0.287 e. The Labute approximate surface area is 161 Å². The molecule has 0 fully saturated rings. The number of aromatic amines is 1. The minimum absolute atomic E-state index is 0.200. The summed E-state index contributed by atoms with van der Waals surface area (Å²) in [5.41, 5.74) is 2.12. The van der Waals surface area contributed by atoms with Crippen LogP contribution in [0.25, 0.3) is 11.0 Å². The number of hydrogen-bond donors (Lipinski definition) is 2. The molecular formula is C20H16N4O3S. The molecule has 8 heteroatoms. The molecule has 140 valence electrons. The summed E-state index contributed by atoms with van der Waals surface area (Å²) in [5.74, 6) is -0.150. The molecule has 1 amide bonds. The van der Waals surface area contributed by atoms with Crippen LogP contribution in [0.3, 0.4) is 0 Å². The van der Waals surface area contributed by atoms with Gasteiger partial charge in [-0.25, -0.2) is 13.4 Å². The van der Waals surface area contributed by atoms with Crippen molar-refractivity contribution < 1.29 is 13.2 Å². The van der Waals surface area contributed by atoms with E-state index >= 15 is 0 Å². The van der Waals surface area contributed by atoms with Crippen molar-refractivity contribution in [2.24, 2.45) is 0 Å². The Morgan fingerprint density at radius 2 is 1.68 bits per heavy atom. The molecule has 0 radical (unpaired) electrons. The fourth-order valence-corrected chi connectivity index (χ4v) is 4.03. The molecule has 2 heterocycles. The van der Waals surface area contributed by atoms with Gasteiger partial charge in [-0.1, -0.05) is 30.3 Å². The van der Waals surface area contributed by atoms with Crippen LogP contribution < -0.4 is 5.32 Å². The monoisotopic (exact) mass is 392 g/mol. The Morgan fingerprint density at radius 1 is 0.964 bits per heavy atom. The predicted molar refractivity (Wildman–Crippen MR) is 103 cm³/mol. The van der Waals surface area contributed by atoms with E-state index in [-0.39, 0.29) is 28.1 Å². The number of fused-ring (bicyclic) bond motifs is 1. The third-order valence-electron chi connectivity index (χ3n) is 4.24. The van der Waals surface area contributed by atoms with Crippen molar-refractivity contribution in [1.82, 2.24) is 20.3 Å². The number of benzene rings is 2. The van der Waals surface area contributed by atoms with Crippen molar-refractivity contribution >= 4 is 26.8 Å². The van der Waals surface area contributed by atoms with E-state index in [2.05, 4.69) is 20.3 Å². The second-order valence-corrected chi connectivity index (χ2v) is 8.07. The van der Waals surface area contributed by atoms with Crippen LogP contribution in [0.1, 0.15) is 16.2 Å². The number of amides is 1. The first-order valence-corrected chi connectivity index (χ1v) is 9.99. The van der Waals surface area contributed by atoms with E-state index < -0.39 is 9.84 Å². The highest BCUT2D eigenvalue weighted by Crippen LogP contribution is 2.20. The van der Waals surface area contributed by atoms with Gasteiger partial charge in [-0.2, -0.15) is 0 Å². The van der Waals surface area contributed by atoms with Crippen molar-refractivity contribution in [2.45, 2.75) is 16.3 Å². The maximum atomic E-state index is 12.6. The third-order valence-corrected chi connectivity index (χ3v) is 6.03. The summed E-state index contributed by atoms with van der Waals surface area (Å²) in [7, 11) is -3.55. The number of nitrogens with zero attached hydrogens (tertiary/aromatic N) is 2. The van der Waals surface area contributed by atoms with Crippen molar-refractivity contribution in [2.75, 3.05) is 0 Å². The predicted octanol–water partition coefficient (Wildman–Crippen LogP) is 2.72. The van der Waals surface area contributed by atoms with Crippen LogP contribution in [-0.2, 0) is 16.4 Å². The average Bonchev–Trinajstić information content (AvgIpc) is 3.17. The Balaban J connectivity index is 1.45. The molecule has 28 heavy (non-hydrogen) atoms. The van der Waals surface area contributed by atoms with Gasteiger partial charge in [0, 0.05) is 12.7 Å². The van der Waals surface area contributed by atoms with Gasteiger partial charge in [0.15, 0.2) is 5.82 Å². The summed E-state index contributed by atoms with van der Waals surface area (Å²) in [4.78, 5) is 23.8. The molecule has 0 aliphatic carbocycles. The minimum Gasteiger partial charge on any atom is -0.345 e. The molecule has 0 aliphatic rings. The number of carbonyl (C=O) groups is 1. The zero-order valence-corrected chi connectivity index (χ0v) is 15.5. The van der Waals surface area contributed by atoms with Crippen LogP contribution in [0, 0.1) is 0 Å². The van der Waals surface area contributed by atoms with Gasteiger partial charge in [0.25, 0.3) is 5.91 Å². The Bertz CT molecular complexity index is 1200. The van der Waals surface area contributed by atoms with Crippen LogP contribution in [0.4, 0.5) is 0 Å². The molecule has 0 bridgehead atoms. The lowest BCUT2D eigenvalue weighted by Gasteiger charge is -2.07. The van der Waals surface area contributed by atoms with Crippen molar-refractivity contribution in [3.63, 3.8) is 0 Å². The summed E-state index contributed by atoms with van der Waals surface area (Å²) in [6, 6.07) is 16.4. The van der Waals surface area contributed by atoms with Gasteiger partial charge in [0.05, 0.1) is 21.5 Å². The summed E-state index contributed by atoms with van der Waals surface area (Å²) in [5, 5.41) is 2.76. The minimum atomic E-state index is -3.55. The second kappa shape index (κ2) is 7.24. The molecule has 0 spiro atoms. The number of carbonyl (C=O) groups excluding carboxylic acids is 1. The van der Waals surface area contributed by atoms with E-state index in [1.54, 1.807) is 60.9 Å². The number of rotatable bonds is 5. The maximum Gasteiger partial charge on any atom is 0.287 e. The first-order valence-electron chi connectivity index (χ1n) is 8.51. The molecule has 0 unspecified atom stereocenters.